The van der Waals surface area contributed by atoms with Crippen LogP contribution in [0.5, 0.6) is 0 Å². The number of benzene rings is 2. The lowest BCUT2D eigenvalue weighted by molar-refractivity contribution is -0.136. The van der Waals surface area contributed by atoms with Gasteiger partial charge in [-0.3, -0.25) is 4.79 Å². The molecule has 0 fully saturated rings. The molecule has 0 aliphatic carbocycles. The molecule has 2 aromatic carbocycles. The molecular formula is C16H15NO3. The van der Waals surface area contributed by atoms with Crippen molar-refractivity contribution in [1.82, 2.24) is 5.16 Å². The molecule has 0 aliphatic rings. The van der Waals surface area contributed by atoms with Gasteiger partial charge in [-0.2, -0.15) is 0 Å². The molecule has 3 rings (SSSR count). The van der Waals surface area contributed by atoms with Crippen molar-refractivity contribution in [3.63, 3.8) is 0 Å². The van der Waals surface area contributed by atoms with E-state index >= 15 is 0 Å². The summed E-state index contributed by atoms with van der Waals surface area (Å²) in [7, 11) is 0. The van der Waals surface area contributed by atoms with Crippen molar-refractivity contribution in [1.29, 1.82) is 0 Å². The Morgan fingerprint density at radius 3 is 2.60 bits per heavy atom. The second-order valence-electron chi connectivity index (χ2n) is 4.30. The van der Waals surface area contributed by atoms with Crippen LogP contribution in [0.4, 0.5) is 0 Å². The van der Waals surface area contributed by atoms with Crippen LogP contribution in [0.3, 0.4) is 0 Å². The number of carbonyl (C=O) groups is 1. The zero-order chi connectivity index (χ0) is 13.2. The molecular weight excluding hydrogens is 254 g/mol. The summed E-state index contributed by atoms with van der Waals surface area (Å²) in [6.07, 6.45) is -0.0104. The van der Waals surface area contributed by atoms with E-state index in [0.717, 1.165) is 10.9 Å². The molecule has 0 unspecified atom stereocenters. The van der Waals surface area contributed by atoms with Gasteiger partial charge >= 0.3 is 5.97 Å². The number of carboxylic acids is 1. The topological polar surface area (TPSA) is 63.3 Å². The number of aliphatic carboxylic acids is 1. The van der Waals surface area contributed by atoms with E-state index in [2.05, 4.69) is 5.16 Å². The van der Waals surface area contributed by atoms with Crippen molar-refractivity contribution < 1.29 is 14.4 Å². The van der Waals surface area contributed by atoms with E-state index in [1.54, 1.807) is 12.1 Å². The summed E-state index contributed by atoms with van der Waals surface area (Å²) in [5.74, 6) is -0.149. The van der Waals surface area contributed by atoms with Gasteiger partial charge in [-0.05, 0) is 17.7 Å². The second kappa shape index (κ2) is 5.57. The molecule has 0 aliphatic heterocycles. The number of hydrogen-bond acceptors (Lipinski definition) is 3. The number of fused-ring (bicyclic) bond motifs is 1. The molecule has 0 spiro atoms. The first-order valence-corrected chi connectivity index (χ1v) is 5.89. The van der Waals surface area contributed by atoms with Crippen molar-refractivity contribution in [3.05, 3.63) is 54.1 Å². The fourth-order valence-corrected chi connectivity index (χ4v) is 2.07. The summed E-state index contributed by atoms with van der Waals surface area (Å²) < 4.78 is 5.36. The van der Waals surface area contributed by atoms with Crippen molar-refractivity contribution in [2.45, 2.75) is 13.8 Å². The lowest BCUT2D eigenvalue weighted by Gasteiger charge is -1.98. The average Bonchev–Trinajstić information content (AvgIpc) is 2.82. The number of nitrogens with zero attached hydrogens (tertiary/aromatic N) is 1. The van der Waals surface area contributed by atoms with Crippen LogP contribution in [-0.4, -0.2) is 16.2 Å². The van der Waals surface area contributed by atoms with E-state index in [0.29, 0.717) is 16.8 Å². The van der Waals surface area contributed by atoms with Crippen LogP contribution in [0.1, 0.15) is 13.0 Å². The largest absolute Gasteiger partial charge is 0.481 e. The Morgan fingerprint density at radius 2 is 1.90 bits per heavy atom. The quantitative estimate of drug-likeness (QED) is 0.786. The minimum atomic E-state index is -0.855. The first-order chi connectivity index (χ1) is 9.24. The zero-order valence-electron chi connectivity index (χ0n) is 10.0. The Morgan fingerprint density at radius 1 is 1.15 bits per heavy atom. The van der Waals surface area contributed by atoms with E-state index < -0.39 is 5.97 Å². The third-order valence-electron chi connectivity index (χ3n) is 2.93. The minimum Gasteiger partial charge on any atom is -0.481 e. The minimum absolute atomic E-state index is 0. The van der Waals surface area contributed by atoms with E-state index in [-0.39, 0.29) is 13.8 Å². The summed E-state index contributed by atoms with van der Waals surface area (Å²) >= 11 is 0. The molecule has 1 heterocycles. The van der Waals surface area contributed by atoms with Crippen LogP contribution in [0.25, 0.3) is 22.2 Å². The van der Waals surface area contributed by atoms with Gasteiger partial charge < -0.3 is 9.63 Å². The summed E-state index contributed by atoms with van der Waals surface area (Å²) in [5, 5.41) is 13.7. The van der Waals surface area contributed by atoms with Gasteiger partial charge in [-0.25, -0.2) is 0 Å². The van der Waals surface area contributed by atoms with Gasteiger partial charge in [0.1, 0.15) is 5.52 Å². The monoisotopic (exact) mass is 269 g/mol. The van der Waals surface area contributed by atoms with Gasteiger partial charge in [-0.1, -0.05) is 49.0 Å². The SMILES string of the molecule is C.O=C(O)Cc1ccc2c(-c3ccccc3)onc2c1. The van der Waals surface area contributed by atoms with Gasteiger partial charge in [0.05, 0.1) is 6.42 Å². The summed E-state index contributed by atoms with van der Waals surface area (Å²) in [6, 6.07) is 15.1. The predicted octanol–water partition coefficient (Wildman–Crippen LogP) is 3.76. The van der Waals surface area contributed by atoms with Crippen molar-refractivity contribution in [3.8, 4) is 11.3 Å². The lowest BCUT2D eigenvalue weighted by Crippen LogP contribution is -1.99. The Kier molecular flexibility index (Phi) is 3.84. The number of hydrogen-bond donors (Lipinski definition) is 1. The van der Waals surface area contributed by atoms with E-state index in [9.17, 15) is 4.79 Å². The molecule has 20 heavy (non-hydrogen) atoms. The Hall–Kier alpha value is -2.62. The number of rotatable bonds is 3. The normalized spacial score (nSPS) is 10.2. The predicted molar refractivity (Wildman–Crippen MR) is 77.5 cm³/mol. The van der Waals surface area contributed by atoms with Crippen molar-refractivity contribution >= 4 is 16.9 Å². The first kappa shape index (κ1) is 13.8. The highest BCUT2D eigenvalue weighted by Crippen LogP contribution is 2.28. The Labute approximate surface area is 116 Å². The molecule has 3 aromatic rings. The lowest BCUT2D eigenvalue weighted by atomic mass is 10.1. The fourth-order valence-electron chi connectivity index (χ4n) is 2.07. The Bertz CT molecular complexity index is 732. The van der Waals surface area contributed by atoms with Crippen LogP contribution in [0, 0.1) is 0 Å². The molecule has 1 N–H and O–H groups in total. The number of aromatic nitrogens is 1. The smallest absolute Gasteiger partial charge is 0.307 e. The van der Waals surface area contributed by atoms with Crippen LogP contribution in [-0.2, 0) is 11.2 Å². The molecule has 1 aromatic heterocycles. The van der Waals surface area contributed by atoms with E-state index in [4.69, 9.17) is 9.63 Å². The van der Waals surface area contributed by atoms with Gasteiger partial charge in [0.15, 0.2) is 5.76 Å². The van der Waals surface area contributed by atoms with Crippen molar-refractivity contribution in [2.75, 3.05) is 0 Å². The van der Waals surface area contributed by atoms with Gasteiger partial charge in [0.2, 0.25) is 0 Å². The third-order valence-corrected chi connectivity index (χ3v) is 2.93. The standard InChI is InChI=1S/C15H11NO3.CH4/c17-14(18)9-10-6-7-12-13(8-10)16-19-15(12)11-4-2-1-3-5-11;/h1-8H,9H2,(H,17,18);1H4. The highest BCUT2D eigenvalue weighted by molar-refractivity contribution is 5.92. The summed E-state index contributed by atoms with van der Waals surface area (Å²) in [6.45, 7) is 0. The third kappa shape index (κ3) is 2.54. The maximum Gasteiger partial charge on any atom is 0.307 e. The Balaban J connectivity index is 0.00000147. The van der Waals surface area contributed by atoms with Crippen LogP contribution in [0.2, 0.25) is 0 Å². The highest BCUT2D eigenvalue weighted by atomic mass is 16.5. The summed E-state index contributed by atoms with van der Waals surface area (Å²) in [5.41, 5.74) is 2.35. The average molecular weight is 269 g/mol. The van der Waals surface area contributed by atoms with Crippen LogP contribution in [0.15, 0.2) is 53.1 Å². The van der Waals surface area contributed by atoms with Crippen LogP contribution >= 0.6 is 0 Å². The first-order valence-electron chi connectivity index (χ1n) is 5.89. The van der Waals surface area contributed by atoms with E-state index in [1.807, 2.05) is 36.4 Å². The molecule has 0 atom stereocenters. The van der Waals surface area contributed by atoms with Gasteiger partial charge in [-0.15, -0.1) is 0 Å². The van der Waals surface area contributed by atoms with Crippen LogP contribution < -0.4 is 0 Å². The van der Waals surface area contributed by atoms with Gasteiger partial charge in [0.25, 0.3) is 0 Å². The summed E-state index contributed by atoms with van der Waals surface area (Å²) in [4.78, 5) is 10.7. The van der Waals surface area contributed by atoms with Crippen molar-refractivity contribution in [2.24, 2.45) is 0 Å². The maximum atomic E-state index is 10.7. The fraction of sp³-hybridized carbons (Fsp3) is 0.125. The van der Waals surface area contributed by atoms with E-state index in [1.165, 1.54) is 0 Å². The molecule has 0 bridgehead atoms. The zero-order valence-corrected chi connectivity index (χ0v) is 10.0. The molecule has 0 amide bonds. The second-order valence-corrected chi connectivity index (χ2v) is 4.30. The molecule has 4 heteroatoms. The molecule has 0 saturated heterocycles. The number of carboxylic acid groups (broad SMARTS) is 1. The maximum absolute atomic E-state index is 10.7. The molecule has 0 radical (unpaired) electrons. The highest BCUT2D eigenvalue weighted by Gasteiger charge is 2.11. The molecule has 102 valence electrons. The molecule has 4 nitrogen and oxygen atoms in total. The van der Waals surface area contributed by atoms with Gasteiger partial charge in [0, 0.05) is 10.9 Å². The molecule has 0 saturated carbocycles.